The molecule has 6 heteroatoms. The summed E-state index contributed by atoms with van der Waals surface area (Å²) >= 11 is 3.32. The highest BCUT2D eigenvalue weighted by atomic mass is 32.2. The molecule has 0 aliphatic heterocycles. The molecule has 0 spiro atoms. The monoisotopic (exact) mass is 425 g/mol. The number of hydrogen-bond acceptors (Lipinski definition) is 5. The predicted molar refractivity (Wildman–Crippen MR) is 125 cm³/mol. The van der Waals surface area contributed by atoms with E-state index in [0.717, 1.165) is 40.3 Å². The summed E-state index contributed by atoms with van der Waals surface area (Å²) in [5, 5.41) is 0.780. The van der Waals surface area contributed by atoms with E-state index < -0.39 is 0 Å². The number of aryl methyl sites for hydroxylation is 2. The third-order valence-electron chi connectivity index (χ3n) is 5.43. The molecule has 0 bridgehead atoms. The molecule has 0 fully saturated rings. The van der Waals surface area contributed by atoms with Crippen LogP contribution >= 0.6 is 23.1 Å². The lowest BCUT2D eigenvalue weighted by Crippen LogP contribution is -2.36. The van der Waals surface area contributed by atoms with Crippen LogP contribution in [0.4, 0.5) is 5.13 Å². The third-order valence-corrected chi connectivity index (χ3v) is 7.19. The van der Waals surface area contributed by atoms with Crippen LogP contribution in [-0.4, -0.2) is 49.2 Å². The molecule has 1 heterocycles. The van der Waals surface area contributed by atoms with Gasteiger partial charge in [0, 0.05) is 23.5 Å². The normalized spacial score (nSPS) is 13.7. The molecule has 0 N–H and O–H groups in total. The third kappa shape index (κ3) is 4.49. The molecular formula is C23H27N3OS2. The van der Waals surface area contributed by atoms with Crippen molar-refractivity contribution in [2.24, 2.45) is 0 Å². The van der Waals surface area contributed by atoms with Gasteiger partial charge in [0.2, 0.25) is 0 Å². The van der Waals surface area contributed by atoms with Gasteiger partial charge in [-0.1, -0.05) is 17.4 Å². The summed E-state index contributed by atoms with van der Waals surface area (Å²) in [6.07, 6.45) is 6.74. The van der Waals surface area contributed by atoms with E-state index in [4.69, 9.17) is 4.98 Å². The zero-order chi connectivity index (χ0) is 20.4. The first-order valence-electron chi connectivity index (χ1n) is 10.1. The van der Waals surface area contributed by atoms with E-state index in [2.05, 4.69) is 41.5 Å². The van der Waals surface area contributed by atoms with Gasteiger partial charge in [-0.2, -0.15) is 0 Å². The van der Waals surface area contributed by atoms with Crippen LogP contribution in [0.2, 0.25) is 0 Å². The van der Waals surface area contributed by atoms with Gasteiger partial charge < -0.3 is 4.90 Å². The highest BCUT2D eigenvalue weighted by Crippen LogP contribution is 2.32. The average molecular weight is 426 g/mol. The van der Waals surface area contributed by atoms with Crippen molar-refractivity contribution < 1.29 is 4.79 Å². The molecule has 4 rings (SSSR count). The van der Waals surface area contributed by atoms with Crippen LogP contribution in [0.3, 0.4) is 0 Å². The Hall–Kier alpha value is -1.89. The second-order valence-corrected chi connectivity index (χ2v) is 9.67. The summed E-state index contributed by atoms with van der Waals surface area (Å²) in [6.45, 7) is 1.42. The van der Waals surface area contributed by atoms with Crippen LogP contribution < -0.4 is 4.90 Å². The first kappa shape index (κ1) is 20.4. The van der Waals surface area contributed by atoms with Crippen LogP contribution in [-0.2, 0) is 12.8 Å². The SMILES string of the molecule is CSc1ccc2nc(N(CCN(C)C)C(=O)c3ccc4c(c3)CCCC4)sc2c1. The lowest BCUT2D eigenvalue weighted by atomic mass is 9.90. The second kappa shape index (κ2) is 8.86. The van der Waals surface area contributed by atoms with Gasteiger partial charge in [-0.05, 0) is 87.5 Å². The van der Waals surface area contributed by atoms with Gasteiger partial charge in [0.25, 0.3) is 5.91 Å². The van der Waals surface area contributed by atoms with Crippen LogP contribution in [0.25, 0.3) is 10.2 Å². The largest absolute Gasteiger partial charge is 0.308 e. The number of amides is 1. The van der Waals surface area contributed by atoms with Gasteiger partial charge >= 0.3 is 0 Å². The molecular weight excluding hydrogens is 398 g/mol. The van der Waals surface area contributed by atoms with Crippen molar-refractivity contribution in [3.8, 4) is 0 Å². The number of anilines is 1. The molecule has 1 aromatic heterocycles. The molecule has 2 aromatic carbocycles. The average Bonchev–Trinajstić information content (AvgIpc) is 3.15. The minimum Gasteiger partial charge on any atom is -0.308 e. The lowest BCUT2D eigenvalue weighted by molar-refractivity contribution is 0.0985. The zero-order valence-electron chi connectivity index (χ0n) is 17.3. The molecule has 1 amide bonds. The van der Waals surface area contributed by atoms with Gasteiger partial charge in [-0.15, -0.1) is 11.8 Å². The fourth-order valence-corrected chi connectivity index (χ4v) is 5.29. The van der Waals surface area contributed by atoms with E-state index in [9.17, 15) is 4.79 Å². The first-order chi connectivity index (χ1) is 14.0. The molecule has 1 aliphatic rings. The van der Waals surface area contributed by atoms with Gasteiger partial charge in [0.15, 0.2) is 5.13 Å². The van der Waals surface area contributed by atoms with E-state index in [0.29, 0.717) is 6.54 Å². The standard InChI is InChI=1S/C23H27N3OS2/c1-25(2)12-13-26(23-24-20-11-10-19(28-3)15-21(20)29-23)22(27)18-9-8-16-6-4-5-7-17(16)14-18/h8-11,14-15H,4-7,12-13H2,1-3H3. The summed E-state index contributed by atoms with van der Waals surface area (Å²) in [6, 6.07) is 12.6. The summed E-state index contributed by atoms with van der Waals surface area (Å²) in [7, 11) is 4.06. The van der Waals surface area contributed by atoms with E-state index in [1.807, 2.05) is 25.1 Å². The van der Waals surface area contributed by atoms with Crippen molar-refractivity contribution in [3.05, 3.63) is 53.1 Å². The molecule has 3 aromatic rings. The van der Waals surface area contributed by atoms with Crippen molar-refractivity contribution in [2.45, 2.75) is 30.6 Å². The Balaban J connectivity index is 1.68. The second-order valence-electron chi connectivity index (χ2n) is 7.78. The quantitative estimate of drug-likeness (QED) is 0.515. The fourth-order valence-electron chi connectivity index (χ4n) is 3.74. The molecule has 0 radical (unpaired) electrons. The molecule has 29 heavy (non-hydrogen) atoms. The topological polar surface area (TPSA) is 36.4 Å². The predicted octanol–water partition coefficient (Wildman–Crippen LogP) is 5.11. The highest BCUT2D eigenvalue weighted by molar-refractivity contribution is 7.98. The molecule has 0 saturated heterocycles. The summed E-state index contributed by atoms with van der Waals surface area (Å²) in [4.78, 5) is 23.5. The number of likely N-dealkylation sites (N-methyl/N-ethyl adjacent to an activating group) is 1. The number of carbonyl (C=O) groups is 1. The van der Waals surface area contributed by atoms with Crippen molar-refractivity contribution in [3.63, 3.8) is 0 Å². The van der Waals surface area contributed by atoms with E-state index in [-0.39, 0.29) is 5.91 Å². The van der Waals surface area contributed by atoms with Crippen LogP contribution in [0.5, 0.6) is 0 Å². The Bertz CT molecular complexity index is 1030. The van der Waals surface area contributed by atoms with E-state index in [1.165, 1.54) is 28.9 Å². The minimum atomic E-state index is 0.0457. The number of nitrogens with zero attached hydrogens (tertiary/aromatic N) is 3. The molecule has 4 nitrogen and oxygen atoms in total. The van der Waals surface area contributed by atoms with Crippen molar-refractivity contribution in [1.29, 1.82) is 0 Å². The number of rotatable bonds is 6. The fraction of sp³-hybridized carbons (Fsp3) is 0.391. The maximum Gasteiger partial charge on any atom is 0.260 e. The van der Waals surface area contributed by atoms with Crippen LogP contribution in [0.15, 0.2) is 41.3 Å². The summed E-state index contributed by atoms with van der Waals surface area (Å²) < 4.78 is 1.12. The molecule has 0 unspecified atom stereocenters. The number of aromatic nitrogens is 1. The molecule has 1 aliphatic carbocycles. The van der Waals surface area contributed by atoms with Gasteiger partial charge in [0.1, 0.15) is 0 Å². The highest BCUT2D eigenvalue weighted by Gasteiger charge is 2.23. The van der Waals surface area contributed by atoms with Gasteiger partial charge in [-0.25, -0.2) is 4.98 Å². The Labute approximate surface area is 180 Å². The number of hydrogen-bond donors (Lipinski definition) is 0. The maximum atomic E-state index is 13.5. The van der Waals surface area contributed by atoms with Gasteiger partial charge in [0.05, 0.1) is 10.2 Å². The lowest BCUT2D eigenvalue weighted by Gasteiger charge is -2.23. The van der Waals surface area contributed by atoms with Crippen molar-refractivity contribution in [1.82, 2.24) is 9.88 Å². The Morgan fingerprint density at radius 2 is 1.86 bits per heavy atom. The zero-order valence-corrected chi connectivity index (χ0v) is 18.9. The maximum absolute atomic E-state index is 13.5. The van der Waals surface area contributed by atoms with E-state index >= 15 is 0 Å². The smallest absolute Gasteiger partial charge is 0.260 e. The molecule has 0 saturated carbocycles. The van der Waals surface area contributed by atoms with Crippen molar-refractivity contribution >= 4 is 44.4 Å². The molecule has 152 valence electrons. The first-order valence-corrected chi connectivity index (χ1v) is 12.1. The minimum absolute atomic E-state index is 0.0457. The number of fused-ring (bicyclic) bond motifs is 2. The number of benzene rings is 2. The van der Waals surface area contributed by atoms with Crippen LogP contribution in [0, 0.1) is 0 Å². The Morgan fingerprint density at radius 1 is 1.07 bits per heavy atom. The Kier molecular flexibility index (Phi) is 6.23. The summed E-state index contributed by atoms with van der Waals surface area (Å²) in [5.74, 6) is 0.0457. The van der Waals surface area contributed by atoms with Crippen molar-refractivity contribution in [2.75, 3.05) is 38.3 Å². The Morgan fingerprint density at radius 3 is 2.62 bits per heavy atom. The van der Waals surface area contributed by atoms with E-state index in [1.54, 1.807) is 23.1 Å². The summed E-state index contributed by atoms with van der Waals surface area (Å²) in [5.41, 5.74) is 4.46. The number of carbonyl (C=O) groups excluding carboxylic acids is 1. The van der Waals surface area contributed by atoms with Gasteiger partial charge in [-0.3, -0.25) is 9.69 Å². The molecule has 0 atom stereocenters. The number of thioether (sulfide) groups is 1. The van der Waals surface area contributed by atoms with Crippen LogP contribution in [0.1, 0.15) is 34.3 Å². The number of thiazole rings is 1.